The predicted molar refractivity (Wildman–Crippen MR) is 104 cm³/mol. The fourth-order valence-electron chi connectivity index (χ4n) is 2.40. The number of amides is 1. The number of non-ortho nitro benzene ring substituents is 1. The summed E-state index contributed by atoms with van der Waals surface area (Å²) in [4.78, 5) is 28.5. The Morgan fingerprint density at radius 2 is 2.08 bits per heavy atom. The highest BCUT2D eigenvalue weighted by Gasteiger charge is 2.20. The monoisotopic (exact) mass is 390 g/mol. The van der Waals surface area contributed by atoms with E-state index in [9.17, 15) is 14.9 Å². The molecule has 1 aromatic carbocycles. The minimum Gasteiger partial charge on any atom is -0.397 e. The molecular weight excluding hydrogens is 376 g/mol. The fourth-order valence-corrected chi connectivity index (χ4v) is 3.56. The van der Waals surface area contributed by atoms with Gasteiger partial charge in [-0.1, -0.05) is 25.4 Å². The Bertz CT molecular complexity index is 1030. The maximum absolute atomic E-state index is 12.6. The molecule has 3 rings (SSSR count). The average Bonchev–Trinajstić information content (AvgIpc) is 2.93. The van der Waals surface area contributed by atoms with Gasteiger partial charge < -0.3 is 11.1 Å². The van der Waals surface area contributed by atoms with Gasteiger partial charge in [0, 0.05) is 23.2 Å². The average molecular weight is 391 g/mol. The molecule has 7 nitrogen and oxygen atoms in total. The van der Waals surface area contributed by atoms with E-state index in [0.29, 0.717) is 15.9 Å². The summed E-state index contributed by atoms with van der Waals surface area (Å²) >= 11 is 7.20. The number of anilines is 2. The first-order valence-electron chi connectivity index (χ1n) is 7.72. The van der Waals surface area contributed by atoms with Crippen LogP contribution in [-0.4, -0.2) is 15.8 Å². The second kappa shape index (κ2) is 6.89. The maximum atomic E-state index is 12.6. The number of thiophene rings is 1. The molecule has 26 heavy (non-hydrogen) atoms. The van der Waals surface area contributed by atoms with Crippen molar-refractivity contribution in [2.75, 3.05) is 11.1 Å². The van der Waals surface area contributed by atoms with Crippen LogP contribution in [0.5, 0.6) is 0 Å². The van der Waals surface area contributed by atoms with Gasteiger partial charge in [-0.2, -0.15) is 0 Å². The van der Waals surface area contributed by atoms with Crippen molar-refractivity contribution in [1.29, 1.82) is 0 Å². The van der Waals surface area contributed by atoms with Crippen molar-refractivity contribution >= 4 is 56.1 Å². The molecule has 134 valence electrons. The fraction of sp³-hybridized carbons (Fsp3) is 0.176. The Hall–Kier alpha value is -2.71. The zero-order valence-corrected chi connectivity index (χ0v) is 15.5. The van der Waals surface area contributed by atoms with E-state index in [1.807, 2.05) is 26.0 Å². The number of benzene rings is 1. The van der Waals surface area contributed by atoms with E-state index >= 15 is 0 Å². The molecular formula is C17H15ClN4O3S. The maximum Gasteiger partial charge on any atom is 0.271 e. The smallest absolute Gasteiger partial charge is 0.271 e. The third kappa shape index (κ3) is 3.33. The SMILES string of the molecule is CC(C)c1ccc2c(N)c(C(=O)Nc3cc([N+](=O)[O-])ccc3Cl)sc2n1. The highest BCUT2D eigenvalue weighted by Crippen LogP contribution is 2.35. The van der Waals surface area contributed by atoms with Crippen LogP contribution in [0.4, 0.5) is 17.1 Å². The first-order chi connectivity index (χ1) is 12.3. The van der Waals surface area contributed by atoms with Gasteiger partial charge in [-0.05, 0) is 24.1 Å². The number of nitrogen functional groups attached to an aromatic ring is 1. The van der Waals surface area contributed by atoms with E-state index in [0.717, 1.165) is 5.69 Å². The number of fused-ring (bicyclic) bond motifs is 1. The molecule has 0 aliphatic rings. The predicted octanol–water partition coefficient (Wildman–Crippen LogP) is 4.82. The number of nitrogens with one attached hydrogen (secondary N) is 1. The van der Waals surface area contributed by atoms with Crippen LogP contribution < -0.4 is 11.1 Å². The molecule has 3 aromatic rings. The number of pyridine rings is 1. The van der Waals surface area contributed by atoms with Gasteiger partial charge in [0.1, 0.15) is 9.71 Å². The topological polar surface area (TPSA) is 111 Å². The third-order valence-corrected chi connectivity index (χ3v) is 5.27. The van der Waals surface area contributed by atoms with Gasteiger partial charge in [0.2, 0.25) is 0 Å². The number of aromatic nitrogens is 1. The van der Waals surface area contributed by atoms with Crippen molar-refractivity contribution in [3.63, 3.8) is 0 Å². The molecule has 0 saturated carbocycles. The third-order valence-electron chi connectivity index (χ3n) is 3.82. The van der Waals surface area contributed by atoms with Gasteiger partial charge >= 0.3 is 0 Å². The Balaban J connectivity index is 1.97. The van der Waals surface area contributed by atoms with E-state index in [1.165, 1.54) is 29.5 Å². The van der Waals surface area contributed by atoms with E-state index in [1.54, 1.807) is 0 Å². The number of nitro benzene ring substituents is 1. The zero-order valence-electron chi connectivity index (χ0n) is 13.9. The minimum absolute atomic E-state index is 0.151. The van der Waals surface area contributed by atoms with Gasteiger partial charge in [0.15, 0.2) is 0 Å². The Morgan fingerprint density at radius 3 is 2.73 bits per heavy atom. The molecule has 3 N–H and O–H groups in total. The van der Waals surface area contributed by atoms with Gasteiger partial charge in [0.25, 0.3) is 11.6 Å². The number of carbonyl (C=O) groups excluding carboxylic acids is 1. The van der Waals surface area contributed by atoms with Gasteiger partial charge in [-0.15, -0.1) is 11.3 Å². The van der Waals surface area contributed by atoms with Crippen molar-refractivity contribution in [3.05, 3.63) is 56.0 Å². The lowest BCUT2D eigenvalue weighted by atomic mass is 10.1. The highest BCUT2D eigenvalue weighted by atomic mass is 35.5. The molecule has 2 heterocycles. The molecule has 0 aliphatic carbocycles. The number of carbonyl (C=O) groups is 1. The molecule has 0 fully saturated rings. The summed E-state index contributed by atoms with van der Waals surface area (Å²) in [6, 6.07) is 7.57. The summed E-state index contributed by atoms with van der Waals surface area (Å²) in [7, 11) is 0. The van der Waals surface area contributed by atoms with Crippen LogP contribution in [0.25, 0.3) is 10.2 Å². The lowest BCUT2D eigenvalue weighted by Crippen LogP contribution is -2.12. The molecule has 0 radical (unpaired) electrons. The Kier molecular flexibility index (Phi) is 4.80. The summed E-state index contributed by atoms with van der Waals surface area (Å²) in [5.74, 6) is -0.234. The first-order valence-corrected chi connectivity index (χ1v) is 8.91. The van der Waals surface area contributed by atoms with Crippen molar-refractivity contribution < 1.29 is 9.72 Å². The lowest BCUT2D eigenvalue weighted by molar-refractivity contribution is -0.384. The Labute approximate surface area is 157 Å². The molecule has 2 aromatic heterocycles. The summed E-state index contributed by atoms with van der Waals surface area (Å²) in [5, 5.41) is 14.4. The van der Waals surface area contributed by atoms with Crippen LogP contribution >= 0.6 is 22.9 Å². The molecule has 9 heteroatoms. The number of nitrogens with zero attached hydrogens (tertiary/aromatic N) is 2. The van der Waals surface area contributed by atoms with Crippen LogP contribution in [0.2, 0.25) is 5.02 Å². The van der Waals surface area contributed by atoms with Gasteiger partial charge in [0.05, 0.1) is 21.3 Å². The van der Waals surface area contributed by atoms with Crippen LogP contribution in [0.3, 0.4) is 0 Å². The van der Waals surface area contributed by atoms with E-state index in [4.69, 9.17) is 17.3 Å². The van der Waals surface area contributed by atoms with E-state index in [-0.39, 0.29) is 27.2 Å². The largest absolute Gasteiger partial charge is 0.397 e. The van der Waals surface area contributed by atoms with Gasteiger partial charge in [-0.3, -0.25) is 14.9 Å². The summed E-state index contributed by atoms with van der Waals surface area (Å²) < 4.78 is 0. The second-order valence-corrected chi connectivity index (χ2v) is 7.37. The molecule has 0 bridgehead atoms. The molecule has 0 unspecified atom stereocenters. The van der Waals surface area contributed by atoms with Crippen LogP contribution in [0, 0.1) is 10.1 Å². The molecule has 0 spiro atoms. The molecule has 0 saturated heterocycles. The minimum atomic E-state index is -0.558. The normalized spacial score (nSPS) is 11.1. The van der Waals surface area contributed by atoms with E-state index < -0.39 is 10.8 Å². The second-order valence-electron chi connectivity index (χ2n) is 5.96. The van der Waals surface area contributed by atoms with Crippen LogP contribution in [-0.2, 0) is 0 Å². The standard InChI is InChI=1S/C17H15ClN4O3S/c1-8(2)12-6-4-10-14(19)15(26-17(10)21-12)16(23)20-13-7-9(22(24)25)3-5-11(13)18/h3-8H,19H2,1-2H3,(H,20,23). The van der Waals surface area contributed by atoms with Gasteiger partial charge in [-0.25, -0.2) is 4.98 Å². The summed E-state index contributed by atoms with van der Waals surface area (Å²) in [6.07, 6.45) is 0. The van der Waals surface area contributed by atoms with Crippen molar-refractivity contribution in [1.82, 2.24) is 4.98 Å². The van der Waals surface area contributed by atoms with Crippen molar-refractivity contribution in [2.24, 2.45) is 0 Å². The molecule has 0 atom stereocenters. The van der Waals surface area contributed by atoms with Crippen LogP contribution in [0.15, 0.2) is 30.3 Å². The number of nitro groups is 1. The van der Waals surface area contributed by atoms with Crippen molar-refractivity contribution in [2.45, 2.75) is 19.8 Å². The summed E-state index contributed by atoms with van der Waals surface area (Å²) in [6.45, 7) is 4.06. The number of hydrogen-bond donors (Lipinski definition) is 2. The van der Waals surface area contributed by atoms with E-state index in [2.05, 4.69) is 10.3 Å². The number of rotatable bonds is 4. The lowest BCUT2D eigenvalue weighted by Gasteiger charge is -2.06. The highest BCUT2D eigenvalue weighted by molar-refractivity contribution is 7.21. The number of halogens is 1. The number of nitrogens with two attached hydrogens (primary N) is 1. The number of hydrogen-bond acceptors (Lipinski definition) is 6. The quantitative estimate of drug-likeness (QED) is 0.490. The Morgan fingerprint density at radius 1 is 1.35 bits per heavy atom. The first kappa shape index (κ1) is 18.1. The zero-order chi connectivity index (χ0) is 19.0. The molecule has 1 amide bonds. The van der Waals surface area contributed by atoms with Crippen molar-refractivity contribution in [3.8, 4) is 0 Å². The molecule has 0 aliphatic heterocycles. The van der Waals surface area contributed by atoms with Crippen LogP contribution in [0.1, 0.15) is 35.1 Å². The summed E-state index contributed by atoms with van der Waals surface area (Å²) in [5.41, 5.74) is 7.32.